The standard InChI is InChI=1S/C14H16BrFN2S/c1-2-12(13-5-3-10(16)9-18-13)17-8-7-11-4-6-14(15)19-11/h3-6,9,12,17H,2,7-8H2,1H3. The minimum Gasteiger partial charge on any atom is -0.308 e. The molecule has 0 aliphatic heterocycles. The number of hydrogen-bond donors (Lipinski definition) is 1. The fourth-order valence-electron chi connectivity index (χ4n) is 1.91. The van der Waals surface area contributed by atoms with Gasteiger partial charge in [-0.15, -0.1) is 11.3 Å². The molecule has 2 heterocycles. The van der Waals surface area contributed by atoms with Gasteiger partial charge in [-0.25, -0.2) is 4.39 Å². The second-order valence-electron chi connectivity index (χ2n) is 4.27. The molecule has 0 fully saturated rings. The van der Waals surface area contributed by atoms with Gasteiger partial charge >= 0.3 is 0 Å². The van der Waals surface area contributed by atoms with E-state index in [1.165, 1.54) is 17.1 Å². The molecule has 102 valence electrons. The van der Waals surface area contributed by atoms with Gasteiger partial charge < -0.3 is 5.32 Å². The predicted octanol–water partition coefficient (Wildman–Crippen LogP) is 4.33. The minimum atomic E-state index is -0.290. The van der Waals surface area contributed by atoms with Crippen LogP contribution in [-0.2, 0) is 6.42 Å². The Kier molecular flexibility index (Phi) is 5.48. The topological polar surface area (TPSA) is 24.9 Å². The van der Waals surface area contributed by atoms with Gasteiger partial charge in [-0.2, -0.15) is 0 Å². The Bertz CT molecular complexity index is 512. The summed E-state index contributed by atoms with van der Waals surface area (Å²) in [5, 5.41) is 3.47. The van der Waals surface area contributed by atoms with Crippen molar-refractivity contribution < 1.29 is 4.39 Å². The average Bonchev–Trinajstić information content (AvgIpc) is 2.82. The lowest BCUT2D eigenvalue weighted by atomic mass is 10.1. The lowest BCUT2D eigenvalue weighted by molar-refractivity contribution is 0.509. The molecule has 2 aromatic rings. The van der Waals surface area contributed by atoms with Crippen molar-refractivity contribution in [2.75, 3.05) is 6.54 Å². The molecule has 0 amide bonds. The molecular formula is C14H16BrFN2S. The number of nitrogens with zero attached hydrogens (tertiary/aromatic N) is 1. The molecule has 0 spiro atoms. The summed E-state index contributed by atoms with van der Waals surface area (Å²) in [7, 11) is 0. The highest BCUT2D eigenvalue weighted by Gasteiger charge is 2.10. The molecule has 0 aromatic carbocycles. The van der Waals surface area contributed by atoms with Crippen molar-refractivity contribution in [3.63, 3.8) is 0 Å². The van der Waals surface area contributed by atoms with Gasteiger partial charge in [0.1, 0.15) is 5.82 Å². The Balaban J connectivity index is 1.87. The fourth-order valence-corrected chi connectivity index (χ4v) is 3.39. The first kappa shape index (κ1) is 14.6. The summed E-state index contributed by atoms with van der Waals surface area (Å²) in [6.07, 6.45) is 3.21. The van der Waals surface area contributed by atoms with Gasteiger partial charge in [0, 0.05) is 17.5 Å². The average molecular weight is 343 g/mol. The third kappa shape index (κ3) is 4.37. The van der Waals surface area contributed by atoms with Crippen LogP contribution in [0.3, 0.4) is 0 Å². The lowest BCUT2D eigenvalue weighted by Crippen LogP contribution is -2.23. The molecule has 5 heteroatoms. The molecule has 0 aliphatic rings. The van der Waals surface area contributed by atoms with Crippen molar-refractivity contribution in [3.8, 4) is 0 Å². The second kappa shape index (κ2) is 7.12. The van der Waals surface area contributed by atoms with E-state index in [0.717, 1.165) is 28.9 Å². The van der Waals surface area contributed by atoms with Crippen LogP contribution in [-0.4, -0.2) is 11.5 Å². The second-order valence-corrected chi connectivity index (χ2v) is 6.82. The van der Waals surface area contributed by atoms with E-state index in [-0.39, 0.29) is 11.9 Å². The Morgan fingerprint density at radius 3 is 2.79 bits per heavy atom. The molecule has 1 N–H and O–H groups in total. The molecule has 0 bridgehead atoms. The molecule has 1 unspecified atom stereocenters. The molecular weight excluding hydrogens is 327 g/mol. The minimum absolute atomic E-state index is 0.184. The van der Waals surface area contributed by atoms with E-state index in [4.69, 9.17) is 0 Å². The number of nitrogens with one attached hydrogen (secondary N) is 1. The summed E-state index contributed by atoms with van der Waals surface area (Å²) in [4.78, 5) is 5.49. The number of halogens is 2. The fraction of sp³-hybridized carbons (Fsp3) is 0.357. The summed E-state index contributed by atoms with van der Waals surface area (Å²) in [5.74, 6) is -0.290. The highest BCUT2D eigenvalue weighted by molar-refractivity contribution is 9.11. The molecule has 1 atom stereocenters. The molecule has 2 nitrogen and oxygen atoms in total. The number of hydrogen-bond acceptors (Lipinski definition) is 3. The zero-order valence-corrected chi connectivity index (χ0v) is 13.1. The van der Waals surface area contributed by atoms with Crippen LogP contribution in [0.5, 0.6) is 0 Å². The van der Waals surface area contributed by atoms with E-state index in [9.17, 15) is 4.39 Å². The van der Waals surface area contributed by atoms with E-state index in [1.807, 2.05) is 0 Å². The first-order chi connectivity index (χ1) is 9.19. The number of pyridine rings is 1. The monoisotopic (exact) mass is 342 g/mol. The van der Waals surface area contributed by atoms with E-state index in [1.54, 1.807) is 17.4 Å². The van der Waals surface area contributed by atoms with E-state index < -0.39 is 0 Å². The smallest absolute Gasteiger partial charge is 0.141 e. The Morgan fingerprint density at radius 2 is 2.21 bits per heavy atom. The molecule has 19 heavy (non-hydrogen) atoms. The summed E-state index contributed by atoms with van der Waals surface area (Å²) in [5.41, 5.74) is 0.899. The van der Waals surface area contributed by atoms with Crippen molar-refractivity contribution >= 4 is 27.3 Å². The molecule has 0 aliphatic carbocycles. The third-order valence-corrected chi connectivity index (χ3v) is 4.59. The van der Waals surface area contributed by atoms with Crippen LogP contribution >= 0.6 is 27.3 Å². The van der Waals surface area contributed by atoms with Crippen LogP contribution in [0.1, 0.15) is 30.0 Å². The van der Waals surface area contributed by atoms with Crippen LogP contribution < -0.4 is 5.32 Å². The molecule has 0 saturated heterocycles. The quantitative estimate of drug-likeness (QED) is 0.845. The SMILES string of the molecule is CCC(NCCc1ccc(Br)s1)c1ccc(F)cn1. The number of thiophene rings is 1. The van der Waals surface area contributed by atoms with Gasteiger partial charge in [0.15, 0.2) is 0 Å². The molecule has 0 saturated carbocycles. The summed E-state index contributed by atoms with van der Waals surface area (Å²) in [6, 6.07) is 7.59. The first-order valence-electron chi connectivity index (χ1n) is 6.28. The highest BCUT2D eigenvalue weighted by atomic mass is 79.9. The van der Waals surface area contributed by atoms with Gasteiger partial charge in [-0.05, 0) is 53.0 Å². The molecule has 2 rings (SSSR count). The van der Waals surface area contributed by atoms with Crippen LogP contribution in [0.15, 0.2) is 34.2 Å². The van der Waals surface area contributed by atoms with Gasteiger partial charge in [-0.1, -0.05) is 6.92 Å². The first-order valence-corrected chi connectivity index (χ1v) is 7.89. The van der Waals surface area contributed by atoms with Crippen LogP contribution in [0.25, 0.3) is 0 Å². The maximum Gasteiger partial charge on any atom is 0.141 e. The zero-order chi connectivity index (χ0) is 13.7. The van der Waals surface area contributed by atoms with Gasteiger partial charge in [0.25, 0.3) is 0 Å². The summed E-state index contributed by atoms with van der Waals surface area (Å²) in [6.45, 7) is 2.99. The van der Waals surface area contributed by atoms with Crippen molar-refractivity contribution in [1.29, 1.82) is 0 Å². The van der Waals surface area contributed by atoms with E-state index in [2.05, 4.69) is 45.3 Å². The maximum absolute atomic E-state index is 12.8. The third-order valence-electron chi connectivity index (χ3n) is 2.91. The van der Waals surface area contributed by atoms with Crippen molar-refractivity contribution in [2.45, 2.75) is 25.8 Å². The number of aromatic nitrogens is 1. The lowest BCUT2D eigenvalue weighted by Gasteiger charge is -2.16. The van der Waals surface area contributed by atoms with Crippen molar-refractivity contribution in [1.82, 2.24) is 10.3 Å². The van der Waals surface area contributed by atoms with Gasteiger partial charge in [-0.3, -0.25) is 4.98 Å². The Labute approximate surface area is 125 Å². The normalized spacial score (nSPS) is 12.6. The molecule has 2 aromatic heterocycles. The molecule has 0 radical (unpaired) electrons. The largest absolute Gasteiger partial charge is 0.308 e. The van der Waals surface area contributed by atoms with Gasteiger partial charge in [0.2, 0.25) is 0 Å². The highest BCUT2D eigenvalue weighted by Crippen LogP contribution is 2.22. The Hall–Kier alpha value is -0.780. The van der Waals surface area contributed by atoms with Crippen molar-refractivity contribution in [3.05, 3.63) is 50.6 Å². The summed E-state index contributed by atoms with van der Waals surface area (Å²) < 4.78 is 14.0. The van der Waals surface area contributed by atoms with Crippen LogP contribution in [0.2, 0.25) is 0 Å². The predicted molar refractivity (Wildman–Crippen MR) is 81.0 cm³/mol. The van der Waals surface area contributed by atoms with E-state index in [0.29, 0.717) is 0 Å². The zero-order valence-electron chi connectivity index (χ0n) is 10.7. The maximum atomic E-state index is 12.8. The van der Waals surface area contributed by atoms with E-state index >= 15 is 0 Å². The Morgan fingerprint density at radius 1 is 1.37 bits per heavy atom. The van der Waals surface area contributed by atoms with Crippen LogP contribution in [0.4, 0.5) is 4.39 Å². The summed E-state index contributed by atoms with van der Waals surface area (Å²) >= 11 is 5.22. The van der Waals surface area contributed by atoms with Crippen LogP contribution in [0, 0.1) is 5.82 Å². The van der Waals surface area contributed by atoms with Gasteiger partial charge in [0.05, 0.1) is 15.7 Å². The van der Waals surface area contributed by atoms with Crippen molar-refractivity contribution in [2.24, 2.45) is 0 Å². The number of rotatable bonds is 6.